The van der Waals surface area contributed by atoms with Crippen molar-refractivity contribution >= 4 is 17.5 Å². The lowest BCUT2D eigenvalue weighted by Gasteiger charge is -2.19. The zero-order valence-corrected chi connectivity index (χ0v) is 16.5. The highest BCUT2D eigenvalue weighted by Crippen LogP contribution is 2.25. The summed E-state index contributed by atoms with van der Waals surface area (Å²) in [5.41, 5.74) is 2.15. The van der Waals surface area contributed by atoms with Crippen LogP contribution in [0.15, 0.2) is 48.5 Å². The predicted molar refractivity (Wildman–Crippen MR) is 105 cm³/mol. The topological polar surface area (TPSA) is 47.6 Å². The largest absolute Gasteiger partial charge is 0.484 e. The standard InChI is InChI=1S/C21H26ClNO3/c1-21(2,3)15-9-11-16(12-10-15)26-14-20(24)23-13-19(25-4)17-7-5-6-8-18(17)22/h5-12,19H,13-14H2,1-4H3,(H,23,24). The molecule has 0 radical (unpaired) electrons. The molecule has 0 saturated heterocycles. The third-order valence-electron chi connectivity index (χ3n) is 4.11. The van der Waals surface area contributed by atoms with Gasteiger partial charge in [-0.15, -0.1) is 0 Å². The van der Waals surface area contributed by atoms with Crippen LogP contribution in [0.2, 0.25) is 5.02 Å². The maximum Gasteiger partial charge on any atom is 0.258 e. The van der Waals surface area contributed by atoms with E-state index in [0.717, 1.165) is 5.56 Å². The fourth-order valence-corrected chi connectivity index (χ4v) is 2.77. The number of benzene rings is 2. The smallest absolute Gasteiger partial charge is 0.258 e. The van der Waals surface area contributed by atoms with Crippen LogP contribution in [0.4, 0.5) is 0 Å². The molecule has 1 atom stereocenters. The molecule has 2 aromatic carbocycles. The van der Waals surface area contributed by atoms with Crippen molar-refractivity contribution in [1.29, 1.82) is 0 Å². The number of methoxy groups -OCH3 is 1. The monoisotopic (exact) mass is 375 g/mol. The molecule has 0 spiro atoms. The van der Waals surface area contributed by atoms with Gasteiger partial charge in [0.1, 0.15) is 11.9 Å². The highest BCUT2D eigenvalue weighted by Gasteiger charge is 2.16. The van der Waals surface area contributed by atoms with Crippen LogP contribution >= 0.6 is 11.6 Å². The van der Waals surface area contributed by atoms with E-state index in [4.69, 9.17) is 21.1 Å². The molecule has 1 unspecified atom stereocenters. The molecule has 5 heteroatoms. The Kier molecular flexibility index (Phi) is 7.06. The number of carbonyl (C=O) groups is 1. The summed E-state index contributed by atoms with van der Waals surface area (Å²) in [5, 5.41) is 3.43. The number of hydrogen-bond donors (Lipinski definition) is 1. The molecule has 2 aromatic rings. The predicted octanol–water partition coefficient (Wildman–Crippen LogP) is 4.52. The Balaban J connectivity index is 1.84. The molecule has 0 fully saturated rings. The first kappa shape index (κ1) is 20.3. The first-order chi connectivity index (χ1) is 12.3. The molecule has 0 aromatic heterocycles. The molecule has 1 N–H and O–H groups in total. The molecule has 4 nitrogen and oxygen atoms in total. The summed E-state index contributed by atoms with van der Waals surface area (Å²) in [6.07, 6.45) is -0.307. The molecule has 26 heavy (non-hydrogen) atoms. The Morgan fingerprint density at radius 1 is 1.12 bits per heavy atom. The van der Waals surface area contributed by atoms with Crippen molar-refractivity contribution in [1.82, 2.24) is 5.32 Å². The summed E-state index contributed by atoms with van der Waals surface area (Å²) in [5.74, 6) is 0.460. The normalized spacial score (nSPS) is 12.5. The summed E-state index contributed by atoms with van der Waals surface area (Å²) in [6, 6.07) is 15.2. The quantitative estimate of drug-likeness (QED) is 0.773. The van der Waals surface area contributed by atoms with Crippen LogP contribution < -0.4 is 10.1 Å². The van der Waals surface area contributed by atoms with Gasteiger partial charge in [-0.2, -0.15) is 0 Å². The zero-order chi connectivity index (χ0) is 19.2. The average Bonchev–Trinajstić information content (AvgIpc) is 2.61. The molecule has 0 heterocycles. The second-order valence-corrected chi connectivity index (χ2v) is 7.52. The van der Waals surface area contributed by atoms with Gasteiger partial charge in [-0.3, -0.25) is 4.79 Å². The minimum Gasteiger partial charge on any atom is -0.484 e. The van der Waals surface area contributed by atoms with Crippen molar-refractivity contribution in [3.63, 3.8) is 0 Å². The van der Waals surface area contributed by atoms with E-state index in [9.17, 15) is 4.79 Å². The van der Waals surface area contributed by atoms with Crippen LogP contribution in [0.5, 0.6) is 5.75 Å². The van der Waals surface area contributed by atoms with E-state index < -0.39 is 0 Å². The summed E-state index contributed by atoms with van der Waals surface area (Å²) < 4.78 is 11.0. The lowest BCUT2D eigenvalue weighted by Crippen LogP contribution is -2.33. The molecule has 0 aliphatic heterocycles. The molecule has 0 bridgehead atoms. The summed E-state index contributed by atoms with van der Waals surface area (Å²) in [6.45, 7) is 6.74. The van der Waals surface area contributed by atoms with Gasteiger partial charge in [-0.25, -0.2) is 0 Å². The molecule has 0 saturated carbocycles. The van der Waals surface area contributed by atoms with Gasteiger partial charge >= 0.3 is 0 Å². The minimum absolute atomic E-state index is 0.0478. The van der Waals surface area contributed by atoms with Gasteiger partial charge < -0.3 is 14.8 Å². The number of nitrogens with one attached hydrogen (secondary N) is 1. The van der Waals surface area contributed by atoms with Crippen LogP contribution in [-0.2, 0) is 14.9 Å². The number of hydrogen-bond acceptors (Lipinski definition) is 3. The van der Waals surface area contributed by atoms with Gasteiger partial charge in [-0.05, 0) is 29.2 Å². The van der Waals surface area contributed by atoms with Crippen LogP contribution in [0.3, 0.4) is 0 Å². The van der Waals surface area contributed by atoms with Crippen LogP contribution in [0.1, 0.15) is 38.0 Å². The highest BCUT2D eigenvalue weighted by molar-refractivity contribution is 6.31. The fraction of sp³-hybridized carbons (Fsp3) is 0.381. The molecule has 1 amide bonds. The highest BCUT2D eigenvalue weighted by atomic mass is 35.5. The van der Waals surface area contributed by atoms with E-state index in [1.165, 1.54) is 5.56 Å². The lowest BCUT2D eigenvalue weighted by atomic mass is 9.87. The molecular weight excluding hydrogens is 350 g/mol. The van der Waals surface area contributed by atoms with Crippen molar-refractivity contribution in [2.45, 2.75) is 32.3 Å². The number of halogens is 1. The number of amides is 1. The number of carbonyl (C=O) groups excluding carboxylic acids is 1. The van der Waals surface area contributed by atoms with Gasteiger partial charge in [-0.1, -0.05) is 62.7 Å². The third-order valence-corrected chi connectivity index (χ3v) is 4.46. The summed E-state index contributed by atoms with van der Waals surface area (Å²) >= 11 is 6.18. The van der Waals surface area contributed by atoms with Crippen molar-refractivity contribution in [3.8, 4) is 5.75 Å². The van der Waals surface area contributed by atoms with E-state index in [1.807, 2.05) is 42.5 Å². The van der Waals surface area contributed by atoms with Gasteiger partial charge in [0, 0.05) is 24.2 Å². The van der Waals surface area contributed by atoms with Crippen LogP contribution in [-0.4, -0.2) is 26.2 Å². The van der Waals surface area contributed by atoms with Crippen molar-refractivity contribution in [3.05, 3.63) is 64.7 Å². The summed E-state index contributed by atoms with van der Waals surface area (Å²) in [4.78, 5) is 12.1. The summed E-state index contributed by atoms with van der Waals surface area (Å²) in [7, 11) is 1.59. The van der Waals surface area contributed by atoms with Gasteiger partial charge in [0.15, 0.2) is 6.61 Å². The Morgan fingerprint density at radius 3 is 2.35 bits per heavy atom. The van der Waals surface area contributed by atoms with Crippen molar-refractivity contribution in [2.75, 3.05) is 20.3 Å². The average molecular weight is 376 g/mol. The maximum absolute atomic E-state index is 12.1. The van der Waals surface area contributed by atoms with Crippen molar-refractivity contribution in [2.24, 2.45) is 0 Å². The minimum atomic E-state index is -0.307. The SMILES string of the molecule is COC(CNC(=O)COc1ccc(C(C)(C)C)cc1)c1ccccc1Cl. The van der Waals surface area contributed by atoms with Gasteiger partial charge in [0.2, 0.25) is 0 Å². The second kappa shape index (κ2) is 9.06. The van der Waals surface area contributed by atoms with Gasteiger partial charge in [0.25, 0.3) is 5.91 Å². The first-order valence-corrected chi connectivity index (χ1v) is 8.96. The second-order valence-electron chi connectivity index (χ2n) is 7.11. The van der Waals surface area contributed by atoms with Crippen LogP contribution in [0, 0.1) is 0 Å². The van der Waals surface area contributed by atoms with Crippen molar-refractivity contribution < 1.29 is 14.3 Å². The van der Waals surface area contributed by atoms with E-state index in [0.29, 0.717) is 17.3 Å². The van der Waals surface area contributed by atoms with E-state index in [-0.39, 0.29) is 24.0 Å². The Hall–Kier alpha value is -2.04. The lowest BCUT2D eigenvalue weighted by molar-refractivity contribution is -0.123. The molecule has 2 rings (SSSR count). The number of ether oxygens (including phenoxy) is 2. The van der Waals surface area contributed by atoms with Gasteiger partial charge in [0.05, 0.1) is 0 Å². The fourth-order valence-electron chi connectivity index (χ4n) is 2.51. The third kappa shape index (κ3) is 5.75. The van der Waals surface area contributed by atoms with E-state index in [1.54, 1.807) is 13.2 Å². The molecule has 0 aliphatic rings. The van der Waals surface area contributed by atoms with Crippen LogP contribution in [0.25, 0.3) is 0 Å². The van der Waals surface area contributed by atoms with E-state index in [2.05, 4.69) is 26.1 Å². The Labute approximate surface area is 160 Å². The number of rotatable bonds is 7. The molecule has 140 valence electrons. The first-order valence-electron chi connectivity index (χ1n) is 8.58. The molecular formula is C21H26ClNO3. The Bertz CT molecular complexity index is 723. The molecule has 0 aliphatic carbocycles. The Morgan fingerprint density at radius 2 is 1.77 bits per heavy atom. The maximum atomic E-state index is 12.1. The van der Waals surface area contributed by atoms with E-state index >= 15 is 0 Å². The zero-order valence-electron chi connectivity index (χ0n) is 15.7.